The largest absolute Gasteiger partial charge is 0.461 e. The maximum absolute atomic E-state index is 10.9. The number of esters is 4. The topological polar surface area (TPSA) is 231 Å². The van der Waals surface area contributed by atoms with Gasteiger partial charge >= 0.3 is 23.9 Å². The summed E-state index contributed by atoms with van der Waals surface area (Å²) >= 11 is 0. The number of ketones is 1. The molecule has 0 aromatic heterocycles. The monoisotopic (exact) mass is 614 g/mol. The first kappa shape index (κ1) is 40.8. The summed E-state index contributed by atoms with van der Waals surface area (Å²) < 4.78 is 74.7. The van der Waals surface area contributed by atoms with Gasteiger partial charge in [0.15, 0.2) is 5.78 Å². The minimum absolute atomic E-state index is 0.0316. The molecule has 228 valence electrons. The highest BCUT2D eigenvalue weighted by Gasteiger charge is 2.18. The van der Waals surface area contributed by atoms with E-state index in [9.17, 15) is 40.8 Å². The van der Waals surface area contributed by atoms with E-state index in [1.54, 1.807) is 0 Å². The van der Waals surface area contributed by atoms with Gasteiger partial charge in [-0.3, -0.25) is 33.1 Å². The summed E-state index contributed by atoms with van der Waals surface area (Å²) in [5, 5.41) is 0. The van der Waals surface area contributed by atoms with Crippen molar-refractivity contribution in [1.82, 2.24) is 0 Å². The molecule has 0 spiro atoms. The number of hydrogen-bond acceptors (Lipinski definition) is 13. The number of hydrogen-bond donors (Lipinski definition) is 2. The maximum Gasteiger partial charge on any atom is 0.306 e. The van der Waals surface area contributed by atoms with Crippen LogP contribution in [0.5, 0.6) is 0 Å². The van der Waals surface area contributed by atoms with Crippen LogP contribution in [-0.2, 0) is 63.2 Å². The van der Waals surface area contributed by atoms with E-state index in [4.69, 9.17) is 9.11 Å². The molecular formula is C23H34O15S2. The summed E-state index contributed by atoms with van der Waals surface area (Å²) in [6, 6.07) is 0. The molecule has 0 heterocycles. The van der Waals surface area contributed by atoms with Crippen molar-refractivity contribution in [2.75, 3.05) is 37.9 Å². The first-order valence-electron chi connectivity index (χ1n) is 11.0. The SMILES string of the molecule is C=CCOC(=O)CCC(=O)OCC=C.C=CCOC(=O)CCC(=O)OCC=C.O=C(CS(=O)(=O)O)CS(=O)(=O)O. The summed E-state index contributed by atoms with van der Waals surface area (Å²) in [6.45, 7) is 14.2. The summed E-state index contributed by atoms with van der Waals surface area (Å²) in [5.74, 6) is -5.64. The number of carbonyl (C=O) groups excluding carboxylic acids is 5. The quantitative estimate of drug-likeness (QED) is 0.0940. The molecule has 0 saturated carbocycles. The van der Waals surface area contributed by atoms with Crippen molar-refractivity contribution >= 4 is 49.9 Å². The Balaban J connectivity index is -0.000000515. The van der Waals surface area contributed by atoms with Gasteiger partial charge in [-0.05, 0) is 0 Å². The van der Waals surface area contributed by atoms with Crippen LogP contribution in [0.25, 0.3) is 0 Å². The van der Waals surface area contributed by atoms with E-state index < -0.39 is 61.4 Å². The van der Waals surface area contributed by atoms with Gasteiger partial charge in [0.25, 0.3) is 20.2 Å². The molecule has 0 aliphatic carbocycles. The van der Waals surface area contributed by atoms with E-state index in [0.29, 0.717) is 0 Å². The normalized spacial score (nSPS) is 10.1. The maximum atomic E-state index is 10.9. The fourth-order valence-corrected chi connectivity index (χ4v) is 2.90. The average Bonchev–Trinajstić information content (AvgIpc) is 2.84. The third-order valence-electron chi connectivity index (χ3n) is 3.20. The first-order chi connectivity index (χ1) is 18.5. The Morgan fingerprint density at radius 2 is 0.700 bits per heavy atom. The Labute approximate surface area is 233 Å². The summed E-state index contributed by atoms with van der Waals surface area (Å²) in [4.78, 5) is 53.9. The van der Waals surface area contributed by atoms with Crippen molar-refractivity contribution in [2.24, 2.45) is 0 Å². The van der Waals surface area contributed by atoms with Crippen molar-refractivity contribution in [2.45, 2.75) is 25.7 Å². The fourth-order valence-electron chi connectivity index (χ4n) is 1.75. The highest BCUT2D eigenvalue weighted by Crippen LogP contribution is 1.97. The number of Topliss-reactive ketones (excluding diaryl/α,β-unsaturated/α-hetero) is 1. The van der Waals surface area contributed by atoms with Crippen molar-refractivity contribution in [3.63, 3.8) is 0 Å². The zero-order chi connectivity index (χ0) is 31.6. The van der Waals surface area contributed by atoms with E-state index in [0.717, 1.165) is 0 Å². The lowest BCUT2D eigenvalue weighted by molar-refractivity contribution is -0.149. The second-order valence-corrected chi connectivity index (χ2v) is 9.78. The van der Waals surface area contributed by atoms with Gasteiger partial charge < -0.3 is 18.9 Å². The number of rotatable bonds is 18. The molecule has 0 bridgehead atoms. The molecule has 0 amide bonds. The van der Waals surface area contributed by atoms with E-state index >= 15 is 0 Å². The first-order valence-corrected chi connectivity index (χ1v) is 14.2. The predicted octanol–water partition coefficient (Wildman–Crippen LogP) is 0.781. The third-order valence-corrected chi connectivity index (χ3v) is 4.58. The van der Waals surface area contributed by atoms with Gasteiger partial charge in [-0.15, -0.1) is 0 Å². The van der Waals surface area contributed by atoms with Crippen molar-refractivity contribution in [3.8, 4) is 0 Å². The second-order valence-electron chi connectivity index (χ2n) is 6.88. The van der Waals surface area contributed by atoms with Gasteiger partial charge in [-0.1, -0.05) is 50.6 Å². The highest BCUT2D eigenvalue weighted by atomic mass is 32.2. The minimum Gasteiger partial charge on any atom is -0.461 e. The standard InChI is InChI=1S/2C10H14O4.C3H6O7S2/c2*1-3-7-13-9(11)5-6-10(12)14-8-4-2;4-3(1-11(5,6)7)2-12(8,9)10/h2*3-4H,1-2,5-8H2;1-2H2,(H,5,6,7)(H,8,9,10). The van der Waals surface area contributed by atoms with Crippen LogP contribution in [0, 0.1) is 0 Å². The van der Waals surface area contributed by atoms with Crippen molar-refractivity contribution in [1.29, 1.82) is 0 Å². The molecule has 0 aliphatic heterocycles. The van der Waals surface area contributed by atoms with Crippen LogP contribution in [-0.4, -0.2) is 93.5 Å². The molecule has 2 N–H and O–H groups in total. The zero-order valence-electron chi connectivity index (χ0n) is 21.7. The second kappa shape index (κ2) is 24.4. The Kier molecular flexibility index (Phi) is 24.9. The molecule has 17 heteroatoms. The molecular weight excluding hydrogens is 580 g/mol. The van der Waals surface area contributed by atoms with Crippen LogP contribution in [0.4, 0.5) is 0 Å². The zero-order valence-corrected chi connectivity index (χ0v) is 23.4. The lowest BCUT2D eigenvalue weighted by Gasteiger charge is -2.02. The van der Waals surface area contributed by atoms with Gasteiger partial charge in [0.1, 0.15) is 37.9 Å². The van der Waals surface area contributed by atoms with Gasteiger partial charge in [0, 0.05) is 0 Å². The minimum atomic E-state index is -4.52. The Bertz CT molecular complexity index is 942. The molecule has 0 radical (unpaired) electrons. The molecule has 0 aromatic rings. The van der Waals surface area contributed by atoms with Crippen molar-refractivity contribution in [3.05, 3.63) is 50.6 Å². The van der Waals surface area contributed by atoms with Crippen molar-refractivity contribution < 1.29 is 68.9 Å². The number of ether oxygens (including phenoxy) is 4. The van der Waals surface area contributed by atoms with Gasteiger partial charge in [-0.2, -0.15) is 16.8 Å². The lowest BCUT2D eigenvalue weighted by atomic mass is 10.3. The van der Waals surface area contributed by atoms with Crippen LogP contribution in [0.15, 0.2) is 50.6 Å². The van der Waals surface area contributed by atoms with Gasteiger partial charge in [0.05, 0.1) is 25.7 Å². The van der Waals surface area contributed by atoms with E-state index in [2.05, 4.69) is 45.3 Å². The molecule has 0 saturated heterocycles. The Morgan fingerprint density at radius 3 is 0.850 bits per heavy atom. The Hall–Kier alpha value is -3.67. The highest BCUT2D eigenvalue weighted by molar-refractivity contribution is 7.88. The summed E-state index contributed by atoms with van der Waals surface area (Å²) in [7, 11) is -9.04. The number of carbonyl (C=O) groups is 5. The molecule has 40 heavy (non-hydrogen) atoms. The van der Waals surface area contributed by atoms with Gasteiger partial charge in [0.2, 0.25) is 0 Å². The van der Waals surface area contributed by atoms with Crippen LogP contribution >= 0.6 is 0 Å². The van der Waals surface area contributed by atoms with Crippen LogP contribution in [0.1, 0.15) is 25.7 Å². The smallest absolute Gasteiger partial charge is 0.306 e. The lowest BCUT2D eigenvalue weighted by Crippen LogP contribution is -2.22. The van der Waals surface area contributed by atoms with E-state index in [1.807, 2.05) is 0 Å². The van der Waals surface area contributed by atoms with E-state index in [-0.39, 0.29) is 52.1 Å². The molecule has 15 nitrogen and oxygen atoms in total. The Morgan fingerprint density at radius 1 is 0.500 bits per heavy atom. The molecule has 0 aliphatic rings. The summed E-state index contributed by atoms with van der Waals surface area (Å²) in [5.41, 5.74) is 0. The van der Waals surface area contributed by atoms with Crippen LogP contribution in [0.3, 0.4) is 0 Å². The fraction of sp³-hybridized carbons (Fsp3) is 0.435. The molecule has 0 fully saturated rings. The van der Waals surface area contributed by atoms with E-state index in [1.165, 1.54) is 24.3 Å². The molecule has 0 rings (SSSR count). The van der Waals surface area contributed by atoms with Gasteiger partial charge in [-0.25, -0.2) is 0 Å². The van der Waals surface area contributed by atoms with Crippen LogP contribution in [0.2, 0.25) is 0 Å². The third kappa shape index (κ3) is 36.5. The molecule has 0 unspecified atom stereocenters. The predicted molar refractivity (Wildman–Crippen MR) is 141 cm³/mol. The average molecular weight is 615 g/mol. The molecule has 0 aromatic carbocycles. The molecule has 0 atom stereocenters. The van der Waals surface area contributed by atoms with Crippen LogP contribution < -0.4 is 0 Å². The summed E-state index contributed by atoms with van der Waals surface area (Å²) in [6.07, 6.45) is 5.99.